The van der Waals surface area contributed by atoms with Gasteiger partial charge in [0.2, 0.25) is 0 Å². The fourth-order valence-corrected chi connectivity index (χ4v) is 2.71. The fraction of sp³-hybridized carbons (Fsp3) is 0.0556. The van der Waals surface area contributed by atoms with Crippen LogP contribution in [0.1, 0.15) is 16.1 Å². The first-order valence-electron chi connectivity index (χ1n) is 7.00. The van der Waals surface area contributed by atoms with E-state index in [1.54, 1.807) is 54.6 Å². The minimum absolute atomic E-state index is 0.00350. The Hall–Kier alpha value is -1.94. The molecule has 3 nitrogen and oxygen atoms in total. The minimum atomic E-state index is -0.476. The molecule has 0 atom stereocenters. The van der Waals surface area contributed by atoms with Gasteiger partial charge in [-0.3, -0.25) is 0 Å². The smallest absolute Gasteiger partial charge is 0.338 e. The van der Waals surface area contributed by atoms with Gasteiger partial charge in [0, 0.05) is 10.6 Å². The lowest BCUT2D eigenvalue weighted by Gasteiger charge is -2.04. The molecule has 0 amide bonds. The van der Waals surface area contributed by atoms with Gasteiger partial charge in [-0.05, 0) is 42.5 Å². The normalized spacial score (nSPS) is 10.6. The molecule has 122 valence electrons. The number of hydrogen-bond donors (Lipinski definition) is 0. The zero-order chi connectivity index (χ0) is 17.1. The molecule has 24 heavy (non-hydrogen) atoms. The average Bonchev–Trinajstić information content (AvgIpc) is 3.04. The molecule has 6 heteroatoms. The van der Waals surface area contributed by atoms with Crippen LogP contribution < -0.4 is 0 Å². The number of furan rings is 1. The summed E-state index contributed by atoms with van der Waals surface area (Å²) in [4.78, 5) is 12.0. The van der Waals surface area contributed by atoms with Crippen LogP contribution in [-0.2, 0) is 11.3 Å². The van der Waals surface area contributed by atoms with Gasteiger partial charge in [0.25, 0.3) is 0 Å². The molecule has 0 saturated heterocycles. The van der Waals surface area contributed by atoms with E-state index < -0.39 is 5.97 Å². The Kier molecular flexibility index (Phi) is 5.14. The first-order chi connectivity index (χ1) is 11.5. The maximum absolute atomic E-state index is 12.0. The molecule has 1 heterocycles. The standard InChI is InChI=1S/C18H11Cl3O3/c19-12-4-1-3-11(9-12)18(22)23-10-13-7-8-16(24-13)14-5-2-6-15(20)17(14)21/h1-9H,10H2. The Labute approximate surface area is 153 Å². The summed E-state index contributed by atoms with van der Waals surface area (Å²) in [7, 11) is 0. The van der Waals surface area contributed by atoms with E-state index in [0.717, 1.165) is 0 Å². The third-order valence-electron chi connectivity index (χ3n) is 3.28. The van der Waals surface area contributed by atoms with Gasteiger partial charge in [0.1, 0.15) is 18.1 Å². The Bertz CT molecular complexity index is 887. The van der Waals surface area contributed by atoms with Crippen LogP contribution in [0.15, 0.2) is 59.0 Å². The van der Waals surface area contributed by atoms with Crippen molar-refractivity contribution in [1.82, 2.24) is 0 Å². The molecule has 0 unspecified atom stereocenters. The SMILES string of the molecule is O=C(OCc1ccc(-c2cccc(Cl)c2Cl)o1)c1cccc(Cl)c1. The van der Waals surface area contributed by atoms with Gasteiger partial charge in [-0.2, -0.15) is 0 Å². The van der Waals surface area contributed by atoms with Crippen LogP contribution in [0.25, 0.3) is 11.3 Å². The largest absolute Gasteiger partial charge is 0.457 e. The molecule has 3 aromatic rings. The van der Waals surface area contributed by atoms with Gasteiger partial charge in [-0.15, -0.1) is 0 Å². The van der Waals surface area contributed by atoms with E-state index in [1.807, 2.05) is 0 Å². The topological polar surface area (TPSA) is 39.4 Å². The van der Waals surface area contributed by atoms with E-state index in [0.29, 0.717) is 37.7 Å². The minimum Gasteiger partial charge on any atom is -0.457 e. The summed E-state index contributed by atoms with van der Waals surface area (Å²) in [5.41, 5.74) is 1.06. The number of carbonyl (C=O) groups is 1. The van der Waals surface area contributed by atoms with Crippen LogP contribution in [0.4, 0.5) is 0 Å². The van der Waals surface area contributed by atoms with Crippen molar-refractivity contribution in [2.45, 2.75) is 6.61 Å². The van der Waals surface area contributed by atoms with E-state index in [-0.39, 0.29) is 6.61 Å². The highest BCUT2D eigenvalue weighted by Crippen LogP contribution is 2.34. The first-order valence-corrected chi connectivity index (χ1v) is 8.14. The van der Waals surface area contributed by atoms with Crippen molar-refractivity contribution in [2.24, 2.45) is 0 Å². The molecule has 0 N–H and O–H groups in total. The molecule has 0 spiro atoms. The summed E-state index contributed by atoms with van der Waals surface area (Å²) in [6.45, 7) is 0.00350. The molecule has 0 aliphatic rings. The Morgan fingerprint density at radius 2 is 1.79 bits per heavy atom. The van der Waals surface area contributed by atoms with E-state index in [9.17, 15) is 4.79 Å². The molecule has 0 aliphatic heterocycles. The fourth-order valence-electron chi connectivity index (χ4n) is 2.13. The number of ether oxygens (including phenoxy) is 1. The molecule has 0 radical (unpaired) electrons. The molecule has 0 fully saturated rings. The average molecular weight is 382 g/mol. The van der Waals surface area contributed by atoms with E-state index in [2.05, 4.69) is 0 Å². The lowest BCUT2D eigenvalue weighted by Crippen LogP contribution is -2.04. The molecule has 1 aromatic heterocycles. The summed E-state index contributed by atoms with van der Waals surface area (Å²) >= 11 is 18.0. The number of halogens is 3. The van der Waals surface area contributed by atoms with Gasteiger partial charge in [-0.1, -0.05) is 46.9 Å². The van der Waals surface area contributed by atoms with Crippen molar-refractivity contribution >= 4 is 40.8 Å². The zero-order valence-corrected chi connectivity index (χ0v) is 14.5. The molecular formula is C18H11Cl3O3. The van der Waals surface area contributed by atoms with Crippen molar-refractivity contribution < 1.29 is 13.9 Å². The van der Waals surface area contributed by atoms with Crippen LogP contribution in [0.2, 0.25) is 15.1 Å². The highest BCUT2D eigenvalue weighted by Gasteiger charge is 2.13. The van der Waals surface area contributed by atoms with Gasteiger partial charge in [0.05, 0.1) is 15.6 Å². The number of carbonyl (C=O) groups excluding carboxylic acids is 1. The lowest BCUT2D eigenvalue weighted by molar-refractivity contribution is 0.0446. The molecule has 0 saturated carbocycles. The number of hydrogen-bond acceptors (Lipinski definition) is 3. The van der Waals surface area contributed by atoms with Crippen molar-refractivity contribution in [3.8, 4) is 11.3 Å². The Morgan fingerprint density at radius 1 is 1.00 bits per heavy atom. The maximum Gasteiger partial charge on any atom is 0.338 e. The second-order valence-corrected chi connectivity index (χ2v) is 6.18. The van der Waals surface area contributed by atoms with Crippen LogP contribution in [0.5, 0.6) is 0 Å². The van der Waals surface area contributed by atoms with Crippen molar-refractivity contribution in [1.29, 1.82) is 0 Å². The van der Waals surface area contributed by atoms with Gasteiger partial charge in [-0.25, -0.2) is 4.79 Å². The molecule has 2 aromatic carbocycles. The van der Waals surface area contributed by atoms with E-state index in [4.69, 9.17) is 44.0 Å². The Morgan fingerprint density at radius 3 is 2.58 bits per heavy atom. The van der Waals surface area contributed by atoms with Gasteiger partial charge in [0.15, 0.2) is 0 Å². The Balaban J connectivity index is 1.70. The predicted molar refractivity (Wildman–Crippen MR) is 94.7 cm³/mol. The van der Waals surface area contributed by atoms with Crippen LogP contribution in [0.3, 0.4) is 0 Å². The first kappa shape index (κ1) is 16.9. The highest BCUT2D eigenvalue weighted by molar-refractivity contribution is 6.43. The van der Waals surface area contributed by atoms with Crippen molar-refractivity contribution in [3.63, 3.8) is 0 Å². The quantitative estimate of drug-likeness (QED) is 0.500. The van der Waals surface area contributed by atoms with Gasteiger partial charge < -0.3 is 9.15 Å². The van der Waals surface area contributed by atoms with Crippen LogP contribution in [0, 0.1) is 0 Å². The number of benzene rings is 2. The van der Waals surface area contributed by atoms with Gasteiger partial charge >= 0.3 is 5.97 Å². The molecule has 0 bridgehead atoms. The van der Waals surface area contributed by atoms with E-state index >= 15 is 0 Å². The third kappa shape index (κ3) is 3.75. The van der Waals surface area contributed by atoms with Crippen LogP contribution in [-0.4, -0.2) is 5.97 Å². The molecule has 0 aliphatic carbocycles. The summed E-state index contributed by atoms with van der Waals surface area (Å²) in [5, 5.41) is 1.33. The van der Waals surface area contributed by atoms with Crippen molar-refractivity contribution in [3.05, 3.63) is 81.0 Å². The second-order valence-electron chi connectivity index (χ2n) is 4.95. The lowest BCUT2D eigenvalue weighted by atomic mass is 10.2. The molecule has 3 rings (SSSR count). The third-order valence-corrected chi connectivity index (χ3v) is 4.34. The van der Waals surface area contributed by atoms with E-state index in [1.165, 1.54) is 0 Å². The summed E-state index contributed by atoms with van der Waals surface area (Å²) in [6.07, 6.45) is 0. The van der Waals surface area contributed by atoms with Crippen LogP contribution >= 0.6 is 34.8 Å². The summed E-state index contributed by atoms with van der Waals surface area (Å²) in [5.74, 6) is 0.573. The monoisotopic (exact) mass is 380 g/mol. The predicted octanol–water partition coefficient (Wildman–Crippen LogP) is 6.26. The summed E-state index contributed by atoms with van der Waals surface area (Å²) < 4.78 is 10.9. The molecular weight excluding hydrogens is 371 g/mol. The number of rotatable bonds is 4. The maximum atomic E-state index is 12.0. The highest BCUT2D eigenvalue weighted by atomic mass is 35.5. The zero-order valence-electron chi connectivity index (χ0n) is 12.3. The van der Waals surface area contributed by atoms with Crippen molar-refractivity contribution in [2.75, 3.05) is 0 Å². The number of esters is 1. The summed E-state index contributed by atoms with van der Waals surface area (Å²) in [6, 6.07) is 15.3. The second kappa shape index (κ2) is 7.31.